The molecule has 1 aromatic carbocycles. The van der Waals surface area contributed by atoms with E-state index in [1.807, 2.05) is 44.2 Å². The standard InChI is InChI=1S/C16H15Cl2O3P/c1-3-22(4-2,10-8-6-5-7-9-10)16-14(20)12(18)11(17)13(19)15(16)21/h5-9H,3-4H2,1-2H3/p+1. The van der Waals surface area contributed by atoms with Crippen molar-refractivity contribution in [2.45, 2.75) is 13.8 Å². The Morgan fingerprint density at radius 1 is 0.955 bits per heavy atom. The molecule has 0 atom stereocenters. The molecule has 22 heavy (non-hydrogen) atoms. The van der Waals surface area contributed by atoms with Gasteiger partial charge in [-0.15, -0.1) is 0 Å². The van der Waals surface area contributed by atoms with Gasteiger partial charge in [-0.2, -0.15) is 0 Å². The predicted octanol–water partition coefficient (Wildman–Crippen LogP) is 3.98. The fourth-order valence-electron chi connectivity index (χ4n) is 2.77. The van der Waals surface area contributed by atoms with E-state index in [4.69, 9.17) is 23.2 Å². The van der Waals surface area contributed by atoms with Gasteiger partial charge in [-0.3, -0.25) is 9.59 Å². The Morgan fingerprint density at radius 2 is 1.50 bits per heavy atom. The second-order valence-corrected chi connectivity index (χ2v) is 9.84. The van der Waals surface area contributed by atoms with E-state index in [2.05, 4.69) is 0 Å². The number of allylic oxidation sites excluding steroid dienone is 3. The van der Waals surface area contributed by atoms with Gasteiger partial charge in [0.2, 0.25) is 5.78 Å². The first-order valence-corrected chi connectivity index (χ1v) is 9.83. The van der Waals surface area contributed by atoms with E-state index in [1.54, 1.807) is 0 Å². The van der Waals surface area contributed by atoms with Crippen LogP contribution in [0.15, 0.2) is 51.5 Å². The molecule has 2 rings (SSSR count). The van der Waals surface area contributed by atoms with E-state index in [-0.39, 0.29) is 16.1 Å². The molecule has 0 aromatic heterocycles. The van der Waals surface area contributed by atoms with Crippen molar-refractivity contribution in [1.82, 2.24) is 0 Å². The number of Topliss-reactive ketones (excluding diaryl/α,β-unsaturated/α-hetero) is 2. The van der Waals surface area contributed by atoms with E-state index in [9.17, 15) is 14.7 Å². The molecule has 1 aromatic rings. The molecule has 1 aliphatic rings. The van der Waals surface area contributed by atoms with Gasteiger partial charge in [0.1, 0.15) is 10.1 Å². The van der Waals surface area contributed by atoms with Crippen molar-refractivity contribution in [1.29, 1.82) is 0 Å². The first-order chi connectivity index (χ1) is 10.4. The van der Waals surface area contributed by atoms with Crippen LogP contribution in [0.2, 0.25) is 0 Å². The van der Waals surface area contributed by atoms with Gasteiger partial charge in [-0.25, -0.2) is 0 Å². The van der Waals surface area contributed by atoms with Crippen molar-refractivity contribution in [2.24, 2.45) is 0 Å². The van der Waals surface area contributed by atoms with Crippen LogP contribution in [0.25, 0.3) is 0 Å². The summed E-state index contributed by atoms with van der Waals surface area (Å²) in [5, 5.41) is 10.9. The quantitative estimate of drug-likeness (QED) is 0.503. The van der Waals surface area contributed by atoms with Gasteiger partial charge in [-0.1, -0.05) is 41.4 Å². The first-order valence-electron chi connectivity index (χ1n) is 6.91. The van der Waals surface area contributed by atoms with Crippen molar-refractivity contribution < 1.29 is 14.7 Å². The summed E-state index contributed by atoms with van der Waals surface area (Å²) in [7, 11) is -2.22. The van der Waals surface area contributed by atoms with Crippen LogP contribution in [0.4, 0.5) is 0 Å². The third-order valence-electron chi connectivity index (χ3n) is 4.00. The smallest absolute Gasteiger partial charge is 0.273 e. The molecule has 0 saturated heterocycles. The van der Waals surface area contributed by atoms with Gasteiger partial charge in [0, 0.05) is 0 Å². The number of carbonyl (C=O) groups excluding carboxylic acids is 2. The zero-order valence-corrected chi connectivity index (χ0v) is 14.7. The minimum absolute atomic E-state index is 0.142. The Bertz CT molecular complexity index is 689. The van der Waals surface area contributed by atoms with Crippen LogP contribution in [-0.4, -0.2) is 29.0 Å². The number of rotatable bonds is 4. The maximum absolute atomic E-state index is 12.5. The summed E-state index contributed by atoms with van der Waals surface area (Å²) in [6.07, 6.45) is 1.29. The number of hydrogen-bond donors (Lipinski definition) is 1. The van der Waals surface area contributed by atoms with E-state index < -0.39 is 23.9 Å². The van der Waals surface area contributed by atoms with Crippen molar-refractivity contribution in [3.63, 3.8) is 0 Å². The Hall–Kier alpha value is -1.15. The minimum Gasteiger partial charge on any atom is -0.503 e. The second-order valence-electron chi connectivity index (χ2n) is 4.92. The highest BCUT2D eigenvalue weighted by Gasteiger charge is 2.52. The highest BCUT2D eigenvalue weighted by atomic mass is 35.5. The molecule has 116 valence electrons. The van der Waals surface area contributed by atoms with Crippen molar-refractivity contribution >= 4 is 47.3 Å². The van der Waals surface area contributed by atoms with Gasteiger partial charge in [0.25, 0.3) is 5.78 Å². The summed E-state index contributed by atoms with van der Waals surface area (Å²) >= 11 is 11.7. The molecule has 0 amide bonds. The van der Waals surface area contributed by atoms with Crippen molar-refractivity contribution in [3.05, 3.63) is 51.5 Å². The molecule has 0 aliphatic heterocycles. The highest BCUT2D eigenvalue weighted by molar-refractivity contribution is 7.87. The Kier molecular flexibility index (Phi) is 5.11. The molecule has 0 unspecified atom stereocenters. The average molecular weight is 358 g/mol. The highest BCUT2D eigenvalue weighted by Crippen LogP contribution is 2.66. The normalized spacial score (nSPS) is 16.5. The Morgan fingerprint density at radius 3 is 2.00 bits per heavy atom. The van der Waals surface area contributed by atoms with Crippen LogP contribution < -0.4 is 5.30 Å². The predicted molar refractivity (Wildman–Crippen MR) is 92.5 cm³/mol. The Balaban J connectivity index is 2.78. The van der Waals surface area contributed by atoms with Crippen molar-refractivity contribution in [2.75, 3.05) is 12.3 Å². The Labute approximate surface area is 140 Å². The molecule has 1 N–H and O–H groups in total. The number of hydrogen-bond acceptors (Lipinski definition) is 3. The van der Waals surface area contributed by atoms with Gasteiger partial charge in [-0.05, 0) is 26.0 Å². The van der Waals surface area contributed by atoms with Crippen LogP contribution in [0.5, 0.6) is 0 Å². The lowest BCUT2D eigenvalue weighted by atomic mass is 10.1. The summed E-state index contributed by atoms with van der Waals surface area (Å²) in [6, 6.07) is 9.49. The topological polar surface area (TPSA) is 54.4 Å². The molecule has 1 aliphatic carbocycles. The summed E-state index contributed by atoms with van der Waals surface area (Å²) in [4.78, 5) is 24.6. The van der Waals surface area contributed by atoms with Gasteiger partial charge in [0.15, 0.2) is 11.1 Å². The third kappa shape index (κ3) is 2.52. The second kappa shape index (κ2) is 6.54. The third-order valence-corrected chi connectivity index (χ3v) is 9.55. The monoisotopic (exact) mass is 357 g/mol. The van der Waals surface area contributed by atoms with Gasteiger partial charge < -0.3 is 5.11 Å². The SMILES string of the molecule is CC[P+](CC)(C1=C(O)C(Cl)=C(Cl)C(=O)C1=O)c1ccccc1. The molecular formula is C16H16Cl2O3P+. The van der Waals surface area contributed by atoms with Gasteiger partial charge in [0.05, 0.1) is 24.9 Å². The molecule has 0 radical (unpaired) electrons. The van der Waals surface area contributed by atoms with Gasteiger partial charge >= 0.3 is 0 Å². The number of aliphatic hydroxyl groups is 1. The summed E-state index contributed by atoms with van der Waals surface area (Å²) < 4.78 is 0. The zero-order chi connectivity index (χ0) is 16.5. The number of carbonyl (C=O) groups is 2. The first kappa shape index (κ1) is 17.2. The molecule has 0 bridgehead atoms. The van der Waals surface area contributed by atoms with E-state index in [1.165, 1.54) is 0 Å². The fraction of sp³-hybridized carbons (Fsp3) is 0.250. The lowest BCUT2D eigenvalue weighted by Crippen LogP contribution is -2.30. The van der Waals surface area contributed by atoms with E-state index >= 15 is 0 Å². The summed E-state index contributed by atoms with van der Waals surface area (Å²) in [5.74, 6) is -1.94. The number of benzene rings is 1. The summed E-state index contributed by atoms with van der Waals surface area (Å²) in [5.41, 5.74) is 0. The molecular weight excluding hydrogens is 342 g/mol. The molecule has 0 spiro atoms. The van der Waals surface area contributed by atoms with E-state index in [0.29, 0.717) is 12.3 Å². The average Bonchev–Trinajstić information content (AvgIpc) is 2.56. The van der Waals surface area contributed by atoms with Crippen LogP contribution in [0.1, 0.15) is 13.8 Å². The molecule has 0 fully saturated rings. The zero-order valence-electron chi connectivity index (χ0n) is 12.3. The minimum atomic E-state index is -2.22. The fourth-order valence-corrected chi connectivity index (χ4v) is 7.01. The largest absolute Gasteiger partial charge is 0.503 e. The van der Waals surface area contributed by atoms with Crippen LogP contribution in [0.3, 0.4) is 0 Å². The number of halogens is 2. The molecule has 0 heterocycles. The van der Waals surface area contributed by atoms with Crippen LogP contribution in [-0.2, 0) is 9.59 Å². The maximum Gasteiger partial charge on any atom is 0.273 e. The van der Waals surface area contributed by atoms with Crippen molar-refractivity contribution in [3.8, 4) is 0 Å². The summed E-state index contributed by atoms with van der Waals surface area (Å²) in [6.45, 7) is 3.91. The maximum atomic E-state index is 12.5. The molecule has 3 nitrogen and oxygen atoms in total. The lowest BCUT2D eigenvalue weighted by Gasteiger charge is -2.28. The van der Waals surface area contributed by atoms with E-state index in [0.717, 1.165) is 5.30 Å². The number of ketones is 2. The molecule has 0 saturated carbocycles. The van der Waals surface area contributed by atoms with Crippen LogP contribution >= 0.6 is 30.5 Å². The molecule has 6 heteroatoms. The number of aliphatic hydroxyl groups excluding tert-OH is 1. The lowest BCUT2D eigenvalue weighted by molar-refractivity contribution is -0.131. The van der Waals surface area contributed by atoms with Crippen LogP contribution in [0, 0.1) is 0 Å².